The number of nitrogens with zero attached hydrogens (tertiary/aromatic N) is 3. The maximum absolute atomic E-state index is 10.5. The van der Waals surface area contributed by atoms with Crippen LogP contribution in [0.1, 0.15) is 25.2 Å². The van der Waals surface area contributed by atoms with Crippen LogP contribution < -0.4 is 10.6 Å². The Kier molecular flexibility index (Phi) is 8.71. The predicted molar refractivity (Wildman–Crippen MR) is 125 cm³/mol. The minimum atomic E-state index is -1.14. The molecule has 0 amide bonds. The van der Waals surface area contributed by atoms with Crippen LogP contribution in [-0.4, -0.2) is 40.5 Å². The Morgan fingerprint density at radius 2 is 2.00 bits per heavy atom. The Morgan fingerprint density at radius 3 is 2.62 bits per heavy atom. The van der Waals surface area contributed by atoms with Gasteiger partial charge in [-0.2, -0.15) is 5.10 Å². The van der Waals surface area contributed by atoms with Gasteiger partial charge < -0.3 is 20.2 Å². The topological polar surface area (TPSA) is 87.6 Å². The van der Waals surface area contributed by atoms with E-state index in [4.69, 9.17) is 4.42 Å². The molecule has 0 aliphatic heterocycles. The second-order valence-corrected chi connectivity index (χ2v) is 6.74. The molecular formula is C21H28IN5O2. The SMILES string of the molecule is CCNC(=NCC(C)(O)c1ccco1)NCCc1ccc(-n2cccn2)cc1.I. The quantitative estimate of drug-likeness (QED) is 0.247. The van der Waals surface area contributed by atoms with E-state index >= 15 is 0 Å². The first kappa shape index (κ1) is 23.0. The first-order valence-electron chi connectivity index (χ1n) is 9.46. The van der Waals surface area contributed by atoms with E-state index in [0.29, 0.717) is 11.7 Å². The van der Waals surface area contributed by atoms with Crippen molar-refractivity contribution in [3.05, 3.63) is 72.4 Å². The fraction of sp³-hybridized carbons (Fsp3) is 0.333. The Bertz CT molecular complexity index is 859. The zero-order valence-electron chi connectivity index (χ0n) is 16.7. The molecule has 3 N–H and O–H groups in total. The molecule has 1 atom stereocenters. The first-order chi connectivity index (χ1) is 13.6. The number of benzene rings is 1. The zero-order chi connectivity index (χ0) is 19.8. The lowest BCUT2D eigenvalue weighted by molar-refractivity contribution is 0.0437. The normalized spacial score (nSPS) is 13.4. The Morgan fingerprint density at radius 1 is 1.21 bits per heavy atom. The lowest BCUT2D eigenvalue weighted by Crippen LogP contribution is -2.39. The number of furan rings is 1. The average molecular weight is 509 g/mol. The van der Waals surface area contributed by atoms with Gasteiger partial charge in [0.15, 0.2) is 5.96 Å². The molecule has 0 fully saturated rings. The highest BCUT2D eigenvalue weighted by Crippen LogP contribution is 2.21. The van der Waals surface area contributed by atoms with E-state index in [9.17, 15) is 5.11 Å². The molecule has 0 radical (unpaired) electrons. The zero-order valence-corrected chi connectivity index (χ0v) is 19.0. The van der Waals surface area contributed by atoms with Crippen LogP contribution in [0, 0.1) is 0 Å². The number of aliphatic imine (C=N–C) groups is 1. The fourth-order valence-electron chi connectivity index (χ4n) is 2.80. The Hall–Kier alpha value is -2.33. The van der Waals surface area contributed by atoms with E-state index in [2.05, 4.69) is 45.0 Å². The van der Waals surface area contributed by atoms with Crippen LogP contribution >= 0.6 is 24.0 Å². The summed E-state index contributed by atoms with van der Waals surface area (Å²) in [6.07, 6.45) is 6.10. The number of hydrogen-bond donors (Lipinski definition) is 3. The Labute approximate surface area is 188 Å². The maximum atomic E-state index is 10.5. The van der Waals surface area contributed by atoms with E-state index < -0.39 is 5.60 Å². The van der Waals surface area contributed by atoms with Crippen LogP contribution in [0.5, 0.6) is 0 Å². The molecule has 0 spiro atoms. The lowest BCUT2D eigenvalue weighted by atomic mass is 10.0. The second-order valence-electron chi connectivity index (χ2n) is 6.74. The van der Waals surface area contributed by atoms with Crippen molar-refractivity contribution >= 4 is 29.9 Å². The van der Waals surface area contributed by atoms with Gasteiger partial charge in [0.05, 0.1) is 18.5 Å². The summed E-state index contributed by atoms with van der Waals surface area (Å²) in [6, 6.07) is 13.7. The second kappa shape index (κ2) is 11.0. The smallest absolute Gasteiger partial charge is 0.191 e. The minimum Gasteiger partial charge on any atom is -0.466 e. The van der Waals surface area contributed by atoms with Crippen LogP contribution in [0.2, 0.25) is 0 Å². The number of hydrogen-bond acceptors (Lipinski definition) is 4. The molecule has 0 saturated heterocycles. The van der Waals surface area contributed by atoms with Gasteiger partial charge in [-0.05, 0) is 56.2 Å². The molecule has 2 aromatic heterocycles. The van der Waals surface area contributed by atoms with Crippen molar-refractivity contribution in [2.24, 2.45) is 4.99 Å². The molecule has 3 rings (SSSR count). The van der Waals surface area contributed by atoms with Crippen LogP contribution in [0.3, 0.4) is 0 Å². The largest absolute Gasteiger partial charge is 0.466 e. The van der Waals surface area contributed by atoms with Gasteiger partial charge in [-0.25, -0.2) is 9.67 Å². The number of halogens is 1. The first-order valence-corrected chi connectivity index (χ1v) is 9.46. The van der Waals surface area contributed by atoms with Crippen LogP contribution in [-0.2, 0) is 12.0 Å². The van der Waals surface area contributed by atoms with Crippen molar-refractivity contribution in [3.63, 3.8) is 0 Å². The number of aromatic nitrogens is 2. The number of rotatable bonds is 8. The van der Waals surface area contributed by atoms with Crippen LogP contribution in [0.25, 0.3) is 5.69 Å². The van der Waals surface area contributed by atoms with E-state index in [-0.39, 0.29) is 30.5 Å². The molecule has 156 valence electrons. The van der Waals surface area contributed by atoms with Crippen LogP contribution in [0.4, 0.5) is 0 Å². The van der Waals surface area contributed by atoms with Crippen molar-refractivity contribution in [2.45, 2.75) is 25.9 Å². The molecule has 0 bridgehead atoms. The van der Waals surface area contributed by atoms with Gasteiger partial charge in [-0.3, -0.25) is 0 Å². The molecule has 7 nitrogen and oxygen atoms in total. The van der Waals surface area contributed by atoms with E-state index in [0.717, 1.165) is 25.2 Å². The third-order valence-corrected chi connectivity index (χ3v) is 4.35. The van der Waals surface area contributed by atoms with Gasteiger partial charge in [-0.15, -0.1) is 24.0 Å². The summed E-state index contributed by atoms with van der Waals surface area (Å²) in [5.74, 6) is 1.17. The molecule has 29 heavy (non-hydrogen) atoms. The maximum Gasteiger partial charge on any atom is 0.191 e. The standard InChI is InChI=1S/C21H27N5O2.HI/c1-3-22-20(24-16-21(2,27)19-6-4-15-28-19)23-13-11-17-7-9-18(10-8-17)26-14-5-12-25-26;/h4-10,12,14-15,27H,3,11,13,16H2,1-2H3,(H2,22,23,24);1H. The summed E-state index contributed by atoms with van der Waals surface area (Å²) in [5, 5.41) is 21.3. The van der Waals surface area contributed by atoms with Gasteiger partial charge in [0, 0.05) is 25.5 Å². The van der Waals surface area contributed by atoms with E-state index in [1.807, 2.05) is 23.9 Å². The summed E-state index contributed by atoms with van der Waals surface area (Å²) >= 11 is 0. The number of aliphatic hydroxyl groups is 1. The van der Waals surface area contributed by atoms with Gasteiger partial charge in [-0.1, -0.05) is 12.1 Å². The third-order valence-electron chi connectivity index (χ3n) is 4.35. The minimum absolute atomic E-state index is 0. The number of guanidine groups is 1. The van der Waals surface area contributed by atoms with Gasteiger partial charge >= 0.3 is 0 Å². The molecular weight excluding hydrogens is 481 g/mol. The highest BCUT2D eigenvalue weighted by molar-refractivity contribution is 14.0. The highest BCUT2D eigenvalue weighted by Gasteiger charge is 2.26. The summed E-state index contributed by atoms with van der Waals surface area (Å²) in [7, 11) is 0. The van der Waals surface area contributed by atoms with Gasteiger partial charge in [0.1, 0.15) is 11.4 Å². The molecule has 0 aliphatic rings. The molecule has 8 heteroatoms. The van der Waals surface area contributed by atoms with Crippen molar-refractivity contribution in [3.8, 4) is 5.69 Å². The predicted octanol–water partition coefficient (Wildman–Crippen LogP) is 3.09. The molecule has 2 heterocycles. The molecule has 3 aromatic rings. The van der Waals surface area contributed by atoms with Gasteiger partial charge in [0.25, 0.3) is 0 Å². The summed E-state index contributed by atoms with van der Waals surface area (Å²) < 4.78 is 7.14. The van der Waals surface area contributed by atoms with Crippen molar-refractivity contribution in [2.75, 3.05) is 19.6 Å². The van der Waals surface area contributed by atoms with Gasteiger partial charge in [0.2, 0.25) is 0 Å². The Balaban J connectivity index is 0.00000300. The van der Waals surface area contributed by atoms with E-state index in [1.54, 1.807) is 31.5 Å². The molecule has 0 saturated carbocycles. The van der Waals surface area contributed by atoms with E-state index in [1.165, 1.54) is 5.56 Å². The van der Waals surface area contributed by atoms with Crippen LogP contribution in [0.15, 0.2) is 70.5 Å². The lowest BCUT2D eigenvalue weighted by Gasteiger charge is -2.19. The summed E-state index contributed by atoms with van der Waals surface area (Å²) in [5.41, 5.74) is 1.12. The molecule has 1 unspecified atom stereocenters. The highest BCUT2D eigenvalue weighted by atomic mass is 127. The third kappa shape index (κ3) is 6.60. The van der Waals surface area contributed by atoms with Crippen molar-refractivity contribution < 1.29 is 9.52 Å². The van der Waals surface area contributed by atoms with Crippen molar-refractivity contribution in [1.82, 2.24) is 20.4 Å². The average Bonchev–Trinajstić information content (AvgIpc) is 3.41. The van der Waals surface area contributed by atoms with Crippen molar-refractivity contribution in [1.29, 1.82) is 0 Å². The fourth-order valence-corrected chi connectivity index (χ4v) is 2.80. The summed E-state index contributed by atoms with van der Waals surface area (Å²) in [4.78, 5) is 4.49. The summed E-state index contributed by atoms with van der Waals surface area (Å²) in [6.45, 7) is 5.38. The number of nitrogens with one attached hydrogen (secondary N) is 2. The molecule has 1 aromatic carbocycles. The molecule has 0 aliphatic carbocycles. The monoisotopic (exact) mass is 509 g/mol.